The normalized spacial score (nSPS) is 9.45. The van der Waals surface area contributed by atoms with Gasteiger partial charge in [-0.05, 0) is 107 Å². The van der Waals surface area contributed by atoms with Crippen LogP contribution in [0.1, 0.15) is 98.9 Å². The summed E-state index contributed by atoms with van der Waals surface area (Å²) >= 11 is 32.2. The second-order valence-corrected chi connectivity index (χ2v) is 22.1. The summed E-state index contributed by atoms with van der Waals surface area (Å²) in [5.74, 6) is -1.03. The van der Waals surface area contributed by atoms with Gasteiger partial charge in [0, 0.05) is 17.7 Å². The van der Waals surface area contributed by atoms with Gasteiger partial charge in [-0.3, -0.25) is 17.7 Å². The zero-order valence-corrected chi connectivity index (χ0v) is 53.7. The van der Waals surface area contributed by atoms with Gasteiger partial charge in [0.25, 0.3) is 0 Å². The van der Waals surface area contributed by atoms with Gasteiger partial charge < -0.3 is 18.9 Å². The average molecular weight is 1310 g/mol. The minimum Gasteiger partial charge on any atom is -0.465 e. The average Bonchev–Trinajstić information content (AvgIpc) is 4.19. The number of esters is 3. The number of hydrogen-bond donors (Lipinski definition) is 0. The van der Waals surface area contributed by atoms with Gasteiger partial charge in [0.15, 0.2) is 6.29 Å². The van der Waals surface area contributed by atoms with E-state index in [0.717, 1.165) is 65.5 Å². The maximum Gasteiger partial charge on any atom is 1.00 e. The summed E-state index contributed by atoms with van der Waals surface area (Å²) in [6.45, 7) is 9.39. The van der Waals surface area contributed by atoms with Crippen LogP contribution in [0.15, 0.2) is 150 Å². The van der Waals surface area contributed by atoms with Crippen molar-refractivity contribution >= 4 is 139 Å². The monoisotopic (exact) mass is 1310 g/mol. The number of hydrogen-bond acceptors (Lipinski definition) is 12. The molecule has 8 aromatic rings. The maximum absolute atomic E-state index is 11.4. The minimum absolute atomic E-state index is 0. The zero-order chi connectivity index (χ0) is 56.4. The third-order valence-electron chi connectivity index (χ3n) is 9.18. The summed E-state index contributed by atoms with van der Waals surface area (Å²) in [6.07, 6.45) is 3.08. The smallest absolute Gasteiger partial charge is 0.465 e. The van der Waals surface area contributed by atoms with E-state index < -0.39 is 7.54 Å². The van der Waals surface area contributed by atoms with E-state index in [1.165, 1.54) is 83.4 Å². The van der Waals surface area contributed by atoms with Crippen LogP contribution >= 0.6 is 108 Å². The Kier molecular flexibility index (Phi) is 41.6. The maximum atomic E-state index is 11.4. The van der Waals surface area contributed by atoms with E-state index in [1.54, 1.807) is 18.2 Å². The van der Waals surface area contributed by atoms with Crippen LogP contribution in [0, 0.1) is 6.92 Å². The van der Waals surface area contributed by atoms with Crippen molar-refractivity contribution in [2.45, 2.75) is 40.5 Å². The summed E-state index contributed by atoms with van der Waals surface area (Å²) in [5, 5.41) is 0. The van der Waals surface area contributed by atoms with E-state index in [-0.39, 0.29) is 76.7 Å². The molecule has 4 heterocycles. The Morgan fingerprint density at radius 2 is 0.833 bits per heavy atom. The molecule has 0 aliphatic carbocycles. The van der Waals surface area contributed by atoms with Crippen LogP contribution < -0.4 is 51.4 Å². The van der Waals surface area contributed by atoms with Gasteiger partial charge in [0.1, 0.15) is 19.0 Å². The van der Waals surface area contributed by atoms with E-state index in [1.807, 2.05) is 129 Å². The standard InChI is InChI=1S/2C13H11ClO2S.C12H9ClOS.C7H7.C6H4BrClO2S.C4H10O.CH4.BF3.K/c2*1-16-13(15)11-8-10(12(14)17-11)7-9-5-3-2-4-6-9;13-12-10(7-11(8-14)15-12)6-9-4-2-1-3-5-9;1-7-5-3-2-4-6-7;1-10-6(9)4-2-3(7)5(8)11-4;1-3-5-4-2;;2-1(3)4;/h2*2-6,8H,7H2,1H3;1-5,7-8H,6H2;2-6H,1H2;2H,1H3;3-4H2,1-2H3;1H4;;/q;;;-1;;;;;+1. The molecule has 0 saturated carbocycles. The number of ether oxygens (including phenoxy) is 4. The Morgan fingerprint density at radius 1 is 0.538 bits per heavy atom. The van der Waals surface area contributed by atoms with Crippen LogP contribution in [0.4, 0.5) is 12.9 Å². The zero-order valence-electron chi connectivity index (χ0n) is 42.7. The third-order valence-corrected chi connectivity index (χ3v) is 15.8. The van der Waals surface area contributed by atoms with E-state index in [0.29, 0.717) is 36.9 Å². The van der Waals surface area contributed by atoms with Crippen molar-refractivity contribution in [3.63, 3.8) is 0 Å². The molecule has 0 radical (unpaired) electrons. The molecule has 0 bridgehead atoms. The predicted molar refractivity (Wildman–Crippen MR) is 321 cm³/mol. The molecule has 0 saturated heterocycles. The molecule has 8 nitrogen and oxygen atoms in total. The van der Waals surface area contributed by atoms with Crippen molar-refractivity contribution in [2.24, 2.45) is 0 Å². The number of carbonyl (C=O) groups is 4. The number of carbonyl (C=O) groups excluding carboxylic acids is 4. The van der Waals surface area contributed by atoms with Crippen LogP contribution in [0.2, 0.25) is 17.3 Å². The van der Waals surface area contributed by atoms with Crippen molar-refractivity contribution in [1.82, 2.24) is 0 Å². The Hall–Kier alpha value is -3.28. The fraction of sp³-hybridized carbons (Fsp3) is 0.196. The molecule has 8 rings (SSSR count). The molecule has 412 valence electrons. The molecule has 0 aliphatic heterocycles. The quantitative estimate of drug-likeness (QED) is 0.0392. The SMILES string of the molecule is C.CCOCC.COC(=O)c1cc(Br)c(Cl)s1.COC(=O)c1cc(Cc2ccccc2)c(Cl)s1.COC(=O)c1cc(Cc2ccccc2)c(Cl)s1.FB(F)F.O=Cc1cc(Cc2ccccc2)c(Cl)s1.[CH2-]c1ccccc1.[K+]. The minimum atomic E-state index is -3.67. The van der Waals surface area contributed by atoms with Gasteiger partial charge in [-0.25, -0.2) is 14.4 Å². The molecule has 78 heavy (non-hydrogen) atoms. The number of rotatable bonds is 12. The number of thiophene rings is 4. The summed E-state index contributed by atoms with van der Waals surface area (Å²) < 4.78 is 51.0. The number of methoxy groups -OCH3 is 3. The molecule has 0 fully saturated rings. The number of halogens is 8. The van der Waals surface area contributed by atoms with Gasteiger partial charge in [-0.15, -0.1) is 57.5 Å². The topological polar surface area (TPSA) is 105 Å². The summed E-state index contributed by atoms with van der Waals surface area (Å²) in [6, 6.07) is 47.0. The first-order valence-electron chi connectivity index (χ1n) is 22.4. The van der Waals surface area contributed by atoms with Crippen molar-refractivity contribution in [3.05, 3.63) is 233 Å². The Balaban J connectivity index is 0.000000926. The first kappa shape index (κ1) is 74.7. The molecule has 4 aromatic heterocycles. The molecule has 0 amide bonds. The van der Waals surface area contributed by atoms with E-state index >= 15 is 0 Å². The molecule has 0 aliphatic rings. The van der Waals surface area contributed by atoms with E-state index in [4.69, 9.17) is 51.1 Å². The second-order valence-electron chi connectivity index (χ2n) is 14.6. The molecule has 0 unspecified atom stereocenters. The molecular weight excluding hydrogens is 1260 g/mol. The molecule has 0 atom stereocenters. The number of aldehydes is 1. The summed E-state index contributed by atoms with van der Waals surface area (Å²) in [7, 11) is 0.406. The molecule has 0 spiro atoms. The predicted octanol–water partition coefficient (Wildman–Crippen LogP) is 15.7. The van der Waals surface area contributed by atoms with E-state index in [2.05, 4.69) is 49.2 Å². The van der Waals surface area contributed by atoms with Gasteiger partial charge in [0.2, 0.25) is 0 Å². The van der Waals surface area contributed by atoms with Gasteiger partial charge in [-0.2, -0.15) is 24.6 Å². The van der Waals surface area contributed by atoms with Crippen molar-refractivity contribution in [1.29, 1.82) is 0 Å². The Morgan fingerprint density at radius 3 is 1.08 bits per heavy atom. The first-order valence-corrected chi connectivity index (χ1v) is 27.9. The van der Waals surface area contributed by atoms with Crippen LogP contribution in [0.5, 0.6) is 0 Å². The second kappa shape index (κ2) is 43.5. The van der Waals surface area contributed by atoms with Crippen molar-refractivity contribution in [2.75, 3.05) is 34.5 Å². The summed E-state index contributed by atoms with van der Waals surface area (Å²) in [4.78, 5) is 46.5. The van der Waals surface area contributed by atoms with Gasteiger partial charge in [0.05, 0.1) is 39.2 Å². The Labute approximate surface area is 543 Å². The Bertz CT molecular complexity index is 2800. The van der Waals surface area contributed by atoms with Crippen molar-refractivity contribution in [3.8, 4) is 0 Å². The molecule has 0 N–H and O–H groups in total. The fourth-order valence-corrected chi connectivity index (χ4v) is 10.9. The molecular formula is C56H56BBrCl4F3KO8S4. The van der Waals surface area contributed by atoms with Crippen LogP contribution in [0.25, 0.3) is 0 Å². The van der Waals surface area contributed by atoms with Crippen LogP contribution in [-0.4, -0.2) is 66.3 Å². The third kappa shape index (κ3) is 30.5. The van der Waals surface area contributed by atoms with E-state index in [9.17, 15) is 32.1 Å². The fourth-order valence-electron chi connectivity index (χ4n) is 5.74. The van der Waals surface area contributed by atoms with Gasteiger partial charge in [-0.1, -0.05) is 151 Å². The van der Waals surface area contributed by atoms with Gasteiger partial charge >= 0.3 is 76.8 Å². The largest absolute Gasteiger partial charge is 1.00 e. The van der Waals surface area contributed by atoms with Crippen LogP contribution in [-0.2, 0) is 38.2 Å². The summed E-state index contributed by atoms with van der Waals surface area (Å²) in [5.41, 5.74) is 7.56. The molecule has 4 aromatic carbocycles. The van der Waals surface area contributed by atoms with Crippen molar-refractivity contribution < 1.29 is 102 Å². The number of benzene rings is 4. The first-order chi connectivity index (χ1) is 36.4. The molecule has 22 heteroatoms. The van der Waals surface area contributed by atoms with Crippen LogP contribution in [0.3, 0.4) is 0 Å².